The zero-order valence-corrected chi connectivity index (χ0v) is 5.37. The third-order valence-electron chi connectivity index (χ3n) is 0.655. The summed E-state index contributed by atoms with van der Waals surface area (Å²) in [5, 5.41) is 7.42. The van der Waals surface area contributed by atoms with Crippen LogP contribution in [0.25, 0.3) is 0 Å². The van der Waals surface area contributed by atoms with Crippen molar-refractivity contribution in [1.29, 1.82) is 0 Å². The Kier molecular flexibility index (Phi) is 4.50. The zero-order chi connectivity index (χ0) is 7.11. The van der Waals surface area contributed by atoms with Crippen molar-refractivity contribution in [3.05, 3.63) is 24.3 Å². The van der Waals surface area contributed by atoms with Crippen LogP contribution in [0.2, 0.25) is 0 Å². The van der Waals surface area contributed by atoms with Gasteiger partial charge >= 0.3 is 0 Å². The van der Waals surface area contributed by atoms with E-state index in [1.54, 1.807) is 0 Å². The van der Waals surface area contributed by atoms with Gasteiger partial charge in [0.15, 0.2) is 0 Å². The Morgan fingerprint density at radius 1 is 1.44 bits per heavy atom. The largest absolute Gasteiger partial charge is 0.481 e. The molecule has 50 valence electrons. The lowest BCUT2D eigenvalue weighted by molar-refractivity contribution is -0.134. The molecule has 0 aromatic carbocycles. The molecule has 1 N–H and O–H groups in total. The second-order valence-corrected chi connectivity index (χ2v) is 1.61. The highest BCUT2D eigenvalue weighted by atomic mass is 16.4. The predicted octanol–water partition coefficient (Wildman–Crippen LogP) is 1.59. The van der Waals surface area contributed by atoms with Crippen LogP contribution >= 0.6 is 0 Å². The summed E-state index contributed by atoms with van der Waals surface area (Å²) in [6.45, 7) is 1.08. The SMILES string of the molecule is C1=CCC=C1.CC(=O)O. The summed E-state index contributed by atoms with van der Waals surface area (Å²) in [5.74, 6) is -0.833. The predicted molar refractivity (Wildman–Crippen MR) is 36.2 cm³/mol. The molecule has 0 amide bonds. The van der Waals surface area contributed by atoms with E-state index in [-0.39, 0.29) is 0 Å². The molecule has 0 bridgehead atoms. The Labute approximate surface area is 54.5 Å². The maximum atomic E-state index is 9.00. The molecule has 0 aliphatic heterocycles. The minimum Gasteiger partial charge on any atom is -0.481 e. The molecule has 9 heavy (non-hydrogen) atoms. The van der Waals surface area contributed by atoms with Gasteiger partial charge in [-0.2, -0.15) is 0 Å². The van der Waals surface area contributed by atoms with E-state index in [2.05, 4.69) is 24.3 Å². The molecular weight excluding hydrogens is 116 g/mol. The van der Waals surface area contributed by atoms with Gasteiger partial charge in [-0.1, -0.05) is 24.3 Å². The number of carboxylic acid groups (broad SMARTS) is 1. The molecule has 1 rings (SSSR count). The Hall–Kier alpha value is -1.05. The van der Waals surface area contributed by atoms with Crippen molar-refractivity contribution in [3.8, 4) is 0 Å². The van der Waals surface area contributed by atoms with E-state index in [1.165, 1.54) is 0 Å². The zero-order valence-electron chi connectivity index (χ0n) is 5.37. The fourth-order valence-corrected chi connectivity index (χ4v) is 0.393. The average Bonchev–Trinajstić information content (AvgIpc) is 2.11. The molecule has 1 aliphatic carbocycles. The lowest BCUT2D eigenvalue weighted by atomic mass is 10.5. The van der Waals surface area contributed by atoms with Crippen LogP contribution in [-0.2, 0) is 4.79 Å². The van der Waals surface area contributed by atoms with Crippen molar-refractivity contribution in [2.45, 2.75) is 13.3 Å². The molecule has 0 fully saturated rings. The Balaban J connectivity index is 0.000000148. The molecule has 0 saturated heterocycles. The molecular formula is C7H10O2. The van der Waals surface area contributed by atoms with E-state index in [9.17, 15) is 0 Å². The van der Waals surface area contributed by atoms with Gasteiger partial charge < -0.3 is 5.11 Å². The minimum absolute atomic E-state index is 0.833. The van der Waals surface area contributed by atoms with E-state index in [4.69, 9.17) is 9.90 Å². The molecule has 0 radical (unpaired) electrons. The normalized spacial score (nSPS) is 12.6. The van der Waals surface area contributed by atoms with Crippen molar-refractivity contribution in [2.75, 3.05) is 0 Å². The quantitative estimate of drug-likeness (QED) is 0.535. The number of allylic oxidation sites excluding steroid dienone is 4. The molecule has 1 aliphatic rings. The summed E-state index contributed by atoms with van der Waals surface area (Å²) in [6, 6.07) is 0. The second-order valence-electron chi connectivity index (χ2n) is 1.61. The Morgan fingerprint density at radius 2 is 1.78 bits per heavy atom. The van der Waals surface area contributed by atoms with Crippen molar-refractivity contribution >= 4 is 5.97 Å². The number of carbonyl (C=O) groups is 1. The first-order valence-corrected chi connectivity index (χ1v) is 2.74. The number of rotatable bonds is 0. The first-order valence-electron chi connectivity index (χ1n) is 2.74. The highest BCUT2D eigenvalue weighted by molar-refractivity contribution is 5.62. The number of aliphatic carboxylic acids is 1. The third kappa shape index (κ3) is 10.9. The van der Waals surface area contributed by atoms with E-state index in [0.717, 1.165) is 13.3 Å². The number of hydrogen-bond acceptors (Lipinski definition) is 1. The average molecular weight is 126 g/mol. The van der Waals surface area contributed by atoms with Crippen LogP contribution in [-0.4, -0.2) is 11.1 Å². The van der Waals surface area contributed by atoms with Gasteiger partial charge in [0.25, 0.3) is 5.97 Å². The van der Waals surface area contributed by atoms with Crippen LogP contribution in [0.3, 0.4) is 0 Å². The lowest BCUT2D eigenvalue weighted by Crippen LogP contribution is -1.78. The first kappa shape index (κ1) is 7.95. The Morgan fingerprint density at radius 3 is 1.89 bits per heavy atom. The van der Waals surface area contributed by atoms with E-state index < -0.39 is 5.97 Å². The van der Waals surface area contributed by atoms with Gasteiger partial charge in [-0.25, -0.2) is 0 Å². The first-order chi connectivity index (χ1) is 4.23. The van der Waals surface area contributed by atoms with Gasteiger partial charge in [-0.15, -0.1) is 0 Å². The van der Waals surface area contributed by atoms with Gasteiger partial charge in [0.2, 0.25) is 0 Å². The molecule has 0 aromatic heterocycles. The van der Waals surface area contributed by atoms with Gasteiger partial charge in [-0.3, -0.25) is 4.79 Å². The molecule has 0 heterocycles. The van der Waals surface area contributed by atoms with E-state index >= 15 is 0 Å². The van der Waals surface area contributed by atoms with E-state index in [0.29, 0.717) is 0 Å². The molecule has 0 unspecified atom stereocenters. The second kappa shape index (κ2) is 5.09. The highest BCUT2D eigenvalue weighted by Gasteiger charge is 1.72. The van der Waals surface area contributed by atoms with Crippen LogP contribution in [0.15, 0.2) is 24.3 Å². The van der Waals surface area contributed by atoms with E-state index in [1.807, 2.05) is 0 Å². The molecule has 0 atom stereocenters. The minimum atomic E-state index is -0.833. The summed E-state index contributed by atoms with van der Waals surface area (Å²) in [7, 11) is 0. The van der Waals surface area contributed by atoms with Gasteiger partial charge in [-0.05, 0) is 6.42 Å². The fraction of sp³-hybridized carbons (Fsp3) is 0.286. The Bertz CT molecular complexity index is 120. The van der Waals surface area contributed by atoms with Crippen LogP contribution in [0.5, 0.6) is 0 Å². The topological polar surface area (TPSA) is 37.3 Å². The van der Waals surface area contributed by atoms with Gasteiger partial charge in [0, 0.05) is 6.92 Å². The van der Waals surface area contributed by atoms with Crippen molar-refractivity contribution in [1.82, 2.24) is 0 Å². The van der Waals surface area contributed by atoms with Crippen LogP contribution in [0.4, 0.5) is 0 Å². The molecule has 2 heteroatoms. The molecule has 0 saturated carbocycles. The van der Waals surface area contributed by atoms with Crippen molar-refractivity contribution in [2.24, 2.45) is 0 Å². The van der Waals surface area contributed by atoms with Crippen LogP contribution in [0, 0.1) is 0 Å². The molecule has 0 spiro atoms. The summed E-state index contributed by atoms with van der Waals surface area (Å²) >= 11 is 0. The highest BCUT2D eigenvalue weighted by Crippen LogP contribution is 1.93. The number of carboxylic acids is 1. The van der Waals surface area contributed by atoms with Crippen molar-refractivity contribution < 1.29 is 9.90 Å². The monoisotopic (exact) mass is 126 g/mol. The summed E-state index contributed by atoms with van der Waals surface area (Å²) in [4.78, 5) is 9.00. The standard InChI is InChI=1S/C5H6.C2H4O2/c1-2-4-5-3-1;1-2(3)4/h1-4H,5H2;1H3,(H,3,4). The maximum Gasteiger partial charge on any atom is 0.300 e. The molecule has 0 aromatic rings. The third-order valence-corrected chi connectivity index (χ3v) is 0.655. The van der Waals surface area contributed by atoms with Gasteiger partial charge in [0.05, 0.1) is 0 Å². The summed E-state index contributed by atoms with van der Waals surface area (Å²) in [5.41, 5.74) is 0. The molecule has 2 nitrogen and oxygen atoms in total. The smallest absolute Gasteiger partial charge is 0.300 e. The fourth-order valence-electron chi connectivity index (χ4n) is 0.393. The lowest BCUT2D eigenvalue weighted by Gasteiger charge is -1.59. The summed E-state index contributed by atoms with van der Waals surface area (Å²) in [6.07, 6.45) is 9.50. The maximum absolute atomic E-state index is 9.00. The van der Waals surface area contributed by atoms with Crippen molar-refractivity contribution in [3.63, 3.8) is 0 Å². The van der Waals surface area contributed by atoms with Crippen LogP contribution in [0.1, 0.15) is 13.3 Å². The summed E-state index contributed by atoms with van der Waals surface area (Å²) < 4.78 is 0. The van der Waals surface area contributed by atoms with Gasteiger partial charge in [0.1, 0.15) is 0 Å². The number of hydrogen-bond donors (Lipinski definition) is 1. The van der Waals surface area contributed by atoms with Crippen LogP contribution < -0.4 is 0 Å².